The third kappa shape index (κ3) is 1.51. The molecule has 2 aromatic rings. The van der Waals surface area contributed by atoms with Crippen molar-refractivity contribution in [2.45, 2.75) is 12.7 Å². The van der Waals surface area contributed by atoms with Crippen molar-refractivity contribution in [3.05, 3.63) is 59.9 Å². The Bertz CT molecular complexity index is 447. The lowest BCUT2D eigenvalue weighted by Gasteiger charge is -2.28. The molecular formula is C12H13N3. The van der Waals surface area contributed by atoms with Crippen LogP contribution in [0.25, 0.3) is 0 Å². The summed E-state index contributed by atoms with van der Waals surface area (Å²) < 4.78 is 2.08. The van der Waals surface area contributed by atoms with Crippen LogP contribution in [0.5, 0.6) is 0 Å². The molecule has 1 unspecified atom stereocenters. The average Bonchev–Trinajstić information content (AvgIpc) is 2.77. The van der Waals surface area contributed by atoms with Gasteiger partial charge in [0.2, 0.25) is 0 Å². The van der Waals surface area contributed by atoms with E-state index in [1.807, 2.05) is 12.3 Å². The van der Waals surface area contributed by atoms with Crippen molar-refractivity contribution in [2.24, 2.45) is 0 Å². The van der Waals surface area contributed by atoms with Crippen LogP contribution in [0.15, 0.2) is 48.7 Å². The van der Waals surface area contributed by atoms with Crippen molar-refractivity contribution in [1.29, 1.82) is 0 Å². The average molecular weight is 199 g/mol. The molecule has 1 aromatic heterocycles. The second-order valence-corrected chi connectivity index (χ2v) is 3.72. The van der Waals surface area contributed by atoms with E-state index in [-0.39, 0.29) is 6.17 Å². The fourth-order valence-corrected chi connectivity index (χ4v) is 1.92. The molecule has 2 N–H and O–H groups in total. The Labute approximate surface area is 88.7 Å². The fourth-order valence-electron chi connectivity index (χ4n) is 1.92. The minimum absolute atomic E-state index is 0.200. The van der Waals surface area contributed by atoms with E-state index in [2.05, 4.69) is 51.8 Å². The van der Waals surface area contributed by atoms with Gasteiger partial charge in [0, 0.05) is 12.7 Å². The van der Waals surface area contributed by atoms with Gasteiger partial charge in [-0.2, -0.15) is 0 Å². The maximum Gasteiger partial charge on any atom is 0.118 e. The highest BCUT2D eigenvalue weighted by Crippen LogP contribution is 2.16. The summed E-state index contributed by atoms with van der Waals surface area (Å²) >= 11 is 0. The van der Waals surface area contributed by atoms with E-state index in [1.165, 1.54) is 11.3 Å². The van der Waals surface area contributed by atoms with Crippen LogP contribution in [0.3, 0.4) is 0 Å². The van der Waals surface area contributed by atoms with Crippen molar-refractivity contribution in [3.8, 4) is 0 Å². The smallest absolute Gasteiger partial charge is 0.118 e. The predicted molar refractivity (Wildman–Crippen MR) is 59.8 cm³/mol. The third-order valence-corrected chi connectivity index (χ3v) is 2.72. The van der Waals surface area contributed by atoms with Crippen molar-refractivity contribution in [1.82, 2.24) is 9.99 Å². The Hall–Kier alpha value is -1.74. The van der Waals surface area contributed by atoms with Gasteiger partial charge in [-0.3, -0.25) is 9.99 Å². The van der Waals surface area contributed by atoms with Crippen LogP contribution in [0.1, 0.15) is 17.4 Å². The number of hydrogen-bond donors (Lipinski definition) is 2. The summed E-state index contributed by atoms with van der Waals surface area (Å²) in [5.74, 6) is 0. The molecular weight excluding hydrogens is 186 g/mol. The van der Waals surface area contributed by atoms with Gasteiger partial charge >= 0.3 is 0 Å². The second-order valence-electron chi connectivity index (χ2n) is 3.72. The Morgan fingerprint density at radius 2 is 1.93 bits per heavy atom. The van der Waals surface area contributed by atoms with Gasteiger partial charge in [-0.15, -0.1) is 0 Å². The van der Waals surface area contributed by atoms with Gasteiger partial charge in [0.1, 0.15) is 6.17 Å². The van der Waals surface area contributed by atoms with Crippen molar-refractivity contribution < 1.29 is 0 Å². The van der Waals surface area contributed by atoms with E-state index in [0.717, 1.165) is 6.54 Å². The Balaban J connectivity index is 1.88. The molecule has 0 amide bonds. The highest BCUT2D eigenvalue weighted by Gasteiger charge is 2.16. The van der Waals surface area contributed by atoms with Crippen LogP contribution in [0.4, 0.5) is 0 Å². The lowest BCUT2D eigenvalue weighted by molar-refractivity contribution is 0.477. The van der Waals surface area contributed by atoms with Crippen molar-refractivity contribution in [3.63, 3.8) is 0 Å². The molecule has 2 heterocycles. The van der Waals surface area contributed by atoms with E-state index in [0.29, 0.717) is 0 Å². The van der Waals surface area contributed by atoms with Crippen LogP contribution in [0.2, 0.25) is 0 Å². The molecule has 1 aromatic carbocycles. The maximum absolute atomic E-state index is 3.45. The van der Waals surface area contributed by atoms with Crippen LogP contribution in [-0.4, -0.2) is 4.68 Å². The summed E-state index contributed by atoms with van der Waals surface area (Å²) in [6.07, 6.45) is 2.25. The van der Waals surface area contributed by atoms with Gasteiger partial charge < -0.3 is 5.43 Å². The molecule has 0 fully saturated rings. The first kappa shape index (κ1) is 8.56. The summed E-state index contributed by atoms with van der Waals surface area (Å²) in [6.45, 7) is 0.902. The van der Waals surface area contributed by atoms with Gasteiger partial charge in [0.05, 0.1) is 5.69 Å². The van der Waals surface area contributed by atoms with Crippen LogP contribution in [-0.2, 0) is 6.54 Å². The zero-order valence-electron chi connectivity index (χ0n) is 8.35. The lowest BCUT2D eigenvalue weighted by atomic mass is 10.1. The van der Waals surface area contributed by atoms with Gasteiger partial charge in [-0.05, 0) is 17.7 Å². The first-order valence-corrected chi connectivity index (χ1v) is 5.14. The first-order valence-electron chi connectivity index (χ1n) is 5.14. The number of fused-ring (bicyclic) bond motifs is 1. The number of nitrogens with zero attached hydrogens (tertiary/aromatic N) is 1. The van der Waals surface area contributed by atoms with Gasteiger partial charge in [0.25, 0.3) is 0 Å². The summed E-state index contributed by atoms with van der Waals surface area (Å²) in [5.41, 5.74) is 5.93. The SMILES string of the molecule is c1ccc(C2NCc3cccn3N2)cc1. The van der Waals surface area contributed by atoms with Crippen LogP contribution in [0, 0.1) is 0 Å². The minimum Gasteiger partial charge on any atom is -0.305 e. The predicted octanol–water partition coefficient (Wildman–Crippen LogP) is 1.83. The molecule has 3 heteroatoms. The van der Waals surface area contributed by atoms with Crippen molar-refractivity contribution >= 4 is 0 Å². The quantitative estimate of drug-likeness (QED) is 0.733. The summed E-state index contributed by atoms with van der Waals surface area (Å²) in [5, 5.41) is 3.45. The van der Waals surface area contributed by atoms with E-state index in [9.17, 15) is 0 Å². The monoisotopic (exact) mass is 199 g/mol. The van der Waals surface area contributed by atoms with Gasteiger partial charge in [0.15, 0.2) is 0 Å². The molecule has 0 radical (unpaired) electrons. The van der Waals surface area contributed by atoms with Crippen LogP contribution >= 0.6 is 0 Å². The molecule has 0 spiro atoms. The summed E-state index contributed by atoms with van der Waals surface area (Å²) in [7, 11) is 0. The van der Waals surface area contributed by atoms with Crippen molar-refractivity contribution in [2.75, 3.05) is 5.43 Å². The minimum atomic E-state index is 0.200. The highest BCUT2D eigenvalue weighted by molar-refractivity contribution is 5.23. The molecule has 0 saturated heterocycles. The molecule has 0 saturated carbocycles. The molecule has 0 aliphatic carbocycles. The summed E-state index contributed by atoms with van der Waals surface area (Å²) in [6, 6.07) is 14.6. The van der Waals surface area contributed by atoms with Gasteiger partial charge in [-0.25, -0.2) is 0 Å². The maximum atomic E-state index is 3.45. The molecule has 3 nitrogen and oxygen atoms in total. The molecule has 76 valence electrons. The number of aromatic nitrogens is 1. The lowest BCUT2D eigenvalue weighted by Crippen LogP contribution is -2.38. The normalized spacial score (nSPS) is 19.3. The topological polar surface area (TPSA) is 29.0 Å². The second kappa shape index (κ2) is 3.44. The van der Waals surface area contributed by atoms with Crippen LogP contribution < -0.4 is 10.7 Å². The third-order valence-electron chi connectivity index (χ3n) is 2.72. The Morgan fingerprint density at radius 3 is 2.80 bits per heavy atom. The molecule has 1 aliphatic rings. The zero-order chi connectivity index (χ0) is 10.1. The zero-order valence-corrected chi connectivity index (χ0v) is 8.35. The van der Waals surface area contributed by atoms with E-state index < -0.39 is 0 Å². The summed E-state index contributed by atoms with van der Waals surface area (Å²) in [4.78, 5) is 0. The Morgan fingerprint density at radius 1 is 1.07 bits per heavy atom. The molecule has 1 aliphatic heterocycles. The molecule has 15 heavy (non-hydrogen) atoms. The largest absolute Gasteiger partial charge is 0.305 e. The fraction of sp³-hybridized carbons (Fsp3) is 0.167. The first-order chi connectivity index (χ1) is 7.43. The van der Waals surface area contributed by atoms with E-state index >= 15 is 0 Å². The standard InChI is InChI=1S/C12H13N3/c1-2-5-10(6-3-1)12-13-9-11-7-4-8-15(11)14-12/h1-8,12-14H,9H2. The molecule has 0 bridgehead atoms. The number of hydrogen-bond acceptors (Lipinski definition) is 2. The Kier molecular flexibility index (Phi) is 1.96. The number of benzene rings is 1. The number of nitrogens with one attached hydrogen (secondary N) is 2. The number of rotatable bonds is 1. The molecule has 3 rings (SSSR count). The molecule has 1 atom stereocenters. The van der Waals surface area contributed by atoms with E-state index in [1.54, 1.807) is 0 Å². The van der Waals surface area contributed by atoms with E-state index in [4.69, 9.17) is 0 Å². The highest BCUT2D eigenvalue weighted by atomic mass is 15.5. The van der Waals surface area contributed by atoms with Gasteiger partial charge in [-0.1, -0.05) is 30.3 Å².